The predicted molar refractivity (Wildman–Crippen MR) is 127 cm³/mol. The van der Waals surface area contributed by atoms with Crippen molar-refractivity contribution in [3.8, 4) is 5.75 Å². The van der Waals surface area contributed by atoms with Crippen molar-refractivity contribution in [2.45, 2.75) is 19.4 Å². The molecule has 0 saturated carbocycles. The molecule has 32 heavy (non-hydrogen) atoms. The maximum Gasteiger partial charge on any atom is 0.240 e. The second kappa shape index (κ2) is 11.9. The molecule has 0 spiro atoms. The van der Waals surface area contributed by atoms with Gasteiger partial charge in [-0.2, -0.15) is 5.10 Å². The quantitative estimate of drug-likeness (QED) is 0.323. The number of rotatable bonds is 9. The number of hydrazone groups is 1. The van der Waals surface area contributed by atoms with Gasteiger partial charge in [-0.05, 0) is 65.7 Å². The van der Waals surface area contributed by atoms with E-state index in [0.29, 0.717) is 28.1 Å². The van der Waals surface area contributed by atoms with Gasteiger partial charge in [-0.1, -0.05) is 41.4 Å². The van der Waals surface area contributed by atoms with Crippen molar-refractivity contribution in [1.29, 1.82) is 0 Å². The Labute approximate surface area is 196 Å². The highest BCUT2D eigenvalue weighted by molar-refractivity contribution is 6.31. The van der Waals surface area contributed by atoms with E-state index in [0.717, 1.165) is 11.1 Å². The van der Waals surface area contributed by atoms with E-state index in [4.69, 9.17) is 27.9 Å². The Hall–Kier alpha value is -3.35. The average molecular weight is 470 g/mol. The number of nitrogens with one attached hydrogen (secondary N) is 2. The van der Waals surface area contributed by atoms with E-state index in [1.165, 1.54) is 6.21 Å². The number of hydrogen-bond acceptors (Lipinski definition) is 4. The lowest BCUT2D eigenvalue weighted by Gasteiger charge is -2.06. The third kappa shape index (κ3) is 8.06. The van der Waals surface area contributed by atoms with Crippen LogP contribution in [0.4, 0.5) is 5.69 Å². The van der Waals surface area contributed by atoms with E-state index in [-0.39, 0.29) is 24.7 Å². The number of anilines is 1. The summed E-state index contributed by atoms with van der Waals surface area (Å²) in [6.45, 7) is 0.436. The standard InChI is InChI=1S/C24H21Cl2N3O3/c25-19-8-4-18(5-9-19)16-32-22-10-6-17(7-11-22)15-27-29-24(31)13-12-23(30)28-21-3-1-2-20(26)14-21/h1-11,14-15H,12-13,16H2,(H,28,30)(H,29,31). The van der Waals surface area contributed by atoms with Crippen LogP contribution in [0.1, 0.15) is 24.0 Å². The van der Waals surface area contributed by atoms with Crippen molar-refractivity contribution < 1.29 is 14.3 Å². The van der Waals surface area contributed by atoms with E-state index in [9.17, 15) is 9.59 Å². The maximum atomic E-state index is 11.9. The number of amides is 2. The molecule has 3 aromatic carbocycles. The average Bonchev–Trinajstić information content (AvgIpc) is 2.78. The Balaban J connectivity index is 1.37. The number of carbonyl (C=O) groups excluding carboxylic acids is 2. The van der Waals surface area contributed by atoms with Gasteiger partial charge in [0.15, 0.2) is 0 Å². The van der Waals surface area contributed by atoms with Gasteiger partial charge in [0.1, 0.15) is 12.4 Å². The molecular weight excluding hydrogens is 449 g/mol. The molecule has 0 saturated heterocycles. The molecule has 0 fully saturated rings. The van der Waals surface area contributed by atoms with Crippen molar-refractivity contribution >= 4 is 46.9 Å². The van der Waals surface area contributed by atoms with Gasteiger partial charge in [0.05, 0.1) is 6.21 Å². The van der Waals surface area contributed by atoms with Crippen molar-refractivity contribution in [3.05, 3.63) is 94.0 Å². The summed E-state index contributed by atoms with van der Waals surface area (Å²) in [6, 6.07) is 21.6. The molecule has 3 rings (SSSR count). The van der Waals surface area contributed by atoms with Crippen LogP contribution in [0.3, 0.4) is 0 Å². The Bertz CT molecular complexity index is 1080. The van der Waals surface area contributed by atoms with Gasteiger partial charge in [-0.25, -0.2) is 5.43 Å². The molecule has 0 unspecified atom stereocenters. The Kier molecular flexibility index (Phi) is 8.66. The van der Waals surface area contributed by atoms with Crippen molar-refractivity contribution in [2.75, 3.05) is 5.32 Å². The zero-order chi connectivity index (χ0) is 22.8. The van der Waals surface area contributed by atoms with E-state index < -0.39 is 0 Å². The lowest BCUT2D eigenvalue weighted by atomic mass is 10.2. The molecular formula is C24H21Cl2N3O3. The monoisotopic (exact) mass is 469 g/mol. The zero-order valence-corrected chi connectivity index (χ0v) is 18.6. The number of nitrogens with zero attached hydrogens (tertiary/aromatic N) is 1. The first kappa shape index (κ1) is 23.3. The molecule has 0 atom stereocenters. The summed E-state index contributed by atoms with van der Waals surface area (Å²) < 4.78 is 5.73. The lowest BCUT2D eigenvalue weighted by Crippen LogP contribution is -2.20. The molecule has 0 aliphatic heterocycles. The maximum absolute atomic E-state index is 11.9. The summed E-state index contributed by atoms with van der Waals surface area (Å²) in [5.74, 6) is 0.0813. The fraction of sp³-hybridized carbons (Fsp3) is 0.125. The topological polar surface area (TPSA) is 79.8 Å². The van der Waals surface area contributed by atoms with Crippen LogP contribution in [0.2, 0.25) is 10.0 Å². The smallest absolute Gasteiger partial charge is 0.240 e. The highest BCUT2D eigenvalue weighted by Gasteiger charge is 2.07. The summed E-state index contributed by atoms with van der Waals surface area (Å²) in [5, 5.41) is 7.82. The molecule has 0 aromatic heterocycles. The minimum atomic E-state index is -0.356. The lowest BCUT2D eigenvalue weighted by molar-refractivity contribution is -0.124. The molecule has 0 radical (unpaired) electrons. The Morgan fingerprint density at radius 3 is 2.31 bits per heavy atom. The van der Waals surface area contributed by atoms with Crippen molar-refractivity contribution in [3.63, 3.8) is 0 Å². The van der Waals surface area contributed by atoms with E-state index >= 15 is 0 Å². The highest BCUT2D eigenvalue weighted by atomic mass is 35.5. The molecule has 3 aromatic rings. The van der Waals surface area contributed by atoms with E-state index in [1.54, 1.807) is 24.3 Å². The molecule has 2 amide bonds. The molecule has 2 N–H and O–H groups in total. The van der Waals surface area contributed by atoms with Crippen molar-refractivity contribution in [2.24, 2.45) is 5.10 Å². The predicted octanol–water partition coefficient (Wildman–Crippen LogP) is 5.44. The van der Waals surface area contributed by atoms with Crippen molar-refractivity contribution in [1.82, 2.24) is 5.43 Å². The fourth-order valence-electron chi connectivity index (χ4n) is 2.65. The molecule has 8 heteroatoms. The molecule has 0 heterocycles. The third-order valence-electron chi connectivity index (χ3n) is 4.29. The molecule has 0 bridgehead atoms. The first-order valence-electron chi connectivity index (χ1n) is 9.82. The molecule has 0 aliphatic rings. The fourth-order valence-corrected chi connectivity index (χ4v) is 2.97. The molecule has 164 valence electrons. The molecule has 6 nitrogen and oxygen atoms in total. The summed E-state index contributed by atoms with van der Waals surface area (Å²) in [7, 11) is 0. The van der Waals surface area contributed by atoms with Gasteiger partial charge in [-0.15, -0.1) is 0 Å². The van der Waals surface area contributed by atoms with Gasteiger partial charge in [0.2, 0.25) is 11.8 Å². The number of halogens is 2. The van der Waals surface area contributed by atoms with Crippen LogP contribution in [0.15, 0.2) is 77.9 Å². The van der Waals surface area contributed by atoms with Gasteiger partial charge in [-0.3, -0.25) is 9.59 Å². The first-order valence-corrected chi connectivity index (χ1v) is 10.6. The van der Waals surface area contributed by atoms with Crippen LogP contribution in [0.25, 0.3) is 0 Å². The van der Waals surface area contributed by atoms with E-state index in [1.807, 2.05) is 48.5 Å². The number of hydrogen-bond donors (Lipinski definition) is 2. The second-order valence-electron chi connectivity index (χ2n) is 6.84. The minimum Gasteiger partial charge on any atom is -0.489 e. The molecule has 0 aliphatic carbocycles. The number of carbonyl (C=O) groups is 2. The van der Waals surface area contributed by atoms with Gasteiger partial charge in [0, 0.05) is 28.6 Å². The van der Waals surface area contributed by atoms with Crippen LogP contribution in [-0.4, -0.2) is 18.0 Å². The highest BCUT2D eigenvalue weighted by Crippen LogP contribution is 2.16. The van der Waals surface area contributed by atoms with Gasteiger partial charge in [0.25, 0.3) is 0 Å². The minimum absolute atomic E-state index is 0.0151. The SMILES string of the molecule is O=C(CCC(=O)Nc1cccc(Cl)c1)NN=Cc1ccc(OCc2ccc(Cl)cc2)cc1. The van der Waals surface area contributed by atoms with Gasteiger partial charge < -0.3 is 10.1 Å². The van der Waals surface area contributed by atoms with Crippen LogP contribution >= 0.6 is 23.2 Å². The van der Waals surface area contributed by atoms with Crippen LogP contribution in [0.5, 0.6) is 5.75 Å². The Morgan fingerprint density at radius 1 is 0.875 bits per heavy atom. The summed E-state index contributed by atoms with van der Waals surface area (Å²) in [6.07, 6.45) is 1.57. The van der Waals surface area contributed by atoms with Gasteiger partial charge >= 0.3 is 0 Å². The van der Waals surface area contributed by atoms with Crippen LogP contribution in [0, 0.1) is 0 Å². The number of benzene rings is 3. The largest absolute Gasteiger partial charge is 0.489 e. The summed E-state index contributed by atoms with van der Waals surface area (Å²) in [4.78, 5) is 23.8. The van der Waals surface area contributed by atoms with Crippen LogP contribution in [-0.2, 0) is 16.2 Å². The first-order chi connectivity index (χ1) is 15.5. The van der Waals surface area contributed by atoms with E-state index in [2.05, 4.69) is 15.8 Å². The Morgan fingerprint density at radius 2 is 1.59 bits per heavy atom. The third-order valence-corrected chi connectivity index (χ3v) is 4.78. The number of ether oxygens (including phenoxy) is 1. The van der Waals surface area contributed by atoms with Crippen LogP contribution < -0.4 is 15.5 Å². The summed E-state index contributed by atoms with van der Waals surface area (Å²) in [5.41, 5.74) is 4.81. The normalized spacial score (nSPS) is 10.7. The second-order valence-corrected chi connectivity index (χ2v) is 7.71. The summed E-state index contributed by atoms with van der Waals surface area (Å²) >= 11 is 11.7. The zero-order valence-electron chi connectivity index (χ0n) is 17.1.